The lowest BCUT2D eigenvalue weighted by atomic mass is 10.1. The number of nitrogens with zero attached hydrogens (tertiary/aromatic N) is 4. The van der Waals surface area contributed by atoms with Crippen LogP contribution >= 0.6 is 11.3 Å². The van der Waals surface area contributed by atoms with Gasteiger partial charge in [0.2, 0.25) is 0 Å². The summed E-state index contributed by atoms with van der Waals surface area (Å²) in [6.07, 6.45) is 3.65. The lowest BCUT2D eigenvalue weighted by Gasteiger charge is -2.28. The van der Waals surface area contributed by atoms with Crippen LogP contribution in [0.15, 0.2) is 34.2 Å². The summed E-state index contributed by atoms with van der Waals surface area (Å²) in [7, 11) is 0. The minimum atomic E-state index is -0.300. The van der Waals surface area contributed by atoms with Crippen molar-refractivity contribution >= 4 is 23.1 Å². The molecule has 27 heavy (non-hydrogen) atoms. The molecular formula is C19H21N5O2S. The number of carbonyl (C=O) groups excluding carboxylic acids is 1. The summed E-state index contributed by atoms with van der Waals surface area (Å²) in [5, 5.41) is 8.64. The Hall–Kier alpha value is -2.74. The standard InChI is InChI=1S/C19H21N5O2S/c1-13-10-18(24-7-3-2-4-8-24)22-17(21-13)12-20-19(25)14-11-15(26-23-14)16-6-5-9-27-16/h5-6,9-11H,2-4,7-8,12H2,1H3,(H,20,25). The summed E-state index contributed by atoms with van der Waals surface area (Å²) < 4.78 is 5.26. The molecule has 0 radical (unpaired) electrons. The maximum Gasteiger partial charge on any atom is 0.273 e. The average molecular weight is 383 g/mol. The second-order valence-electron chi connectivity index (χ2n) is 6.57. The van der Waals surface area contributed by atoms with Crippen molar-refractivity contribution in [1.29, 1.82) is 0 Å². The monoisotopic (exact) mass is 383 g/mol. The van der Waals surface area contributed by atoms with Gasteiger partial charge in [-0.25, -0.2) is 9.97 Å². The summed E-state index contributed by atoms with van der Waals surface area (Å²) in [5.41, 5.74) is 1.15. The van der Waals surface area contributed by atoms with Crippen LogP contribution < -0.4 is 10.2 Å². The quantitative estimate of drug-likeness (QED) is 0.727. The van der Waals surface area contributed by atoms with E-state index in [1.54, 1.807) is 6.07 Å². The van der Waals surface area contributed by atoms with E-state index < -0.39 is 0 Å². The van der Waals surface area contributed by atoms with Crippen molar-refractivity contribution < 1.29 is 9.32 Å². The number of amides is 1. The highest BCUT2D eigenvalue weighted by atomic mass is 32.1. The van der Waals surface area contributed by atoms with Crippen molar-refractivity contribution in [3.8, 4) is 10.6 Å². The fraction of sp³-hybridized carbons (Fsp3) is 0.368. The SMILES string of the molecule is Cc1cc(N2CCCCC2)nc(CNC(=O)c2cc(-c3cccs3)on2)n1. The van der Waals surface area contributed by atoms with Gasteiger partial charge in [0.05, 0.1) is 11.4 Å². The Balaban J connectivity index is 1.42. The maximum absolute atomic E-state index is 12.4. The van der Waals surface area contributed by atoms with Gasteiger partial charge >= 0.3 is 0 Å². The fourth-order valence-corrected chi connectivity index (χ4v) is 3.82. The van der Waals surface area contributed by atoms with E-state index in [0.29, 0.717) is 11.6 Å². The van der Waals surface area contributed by atoms with Gasteiger partial charge in [0.15, 0.2) is 11.5 Å². The Bertz CT molecular complexity index is 916. The molecule has 1 fully saturated rings. The molecule has 0 saturated carbocycles. The molecule has 4 heterocycles. The number of rotatable bonds is 5. The van der Waals surface area contributed by atoms with Crippen LogP contribution in [0, 0.1) is 6.92 Å². The number of hydrogen-bond acceptors (Lipinski definition) is 7. The van der Waals surface area contributed by atoms with Gasteiger partial charge in [0.1, 0.15) is 11.6 Å². The van der Waals surface area contributed by atoms with Gasteiger partial charge in [-0.05, 0) is 37.6 Å². The second kappa shape index (κ2) is 7.87. The van der Waals surface area contributed by atoms with Crippen molar-refractivity contribution in [3.05, 3.63) is 46.9 Å². The predicted molar refractivity (Wildman–Crippen MR) is 104 cm³/mol. The Morgan fingerprint density at radius 3 is 2.89 bits per heavy atom. The van der Waals surface area contributed by atoms with E-state index in [1.165, 1.54) is 30.6 Å². The van der Waals surface area contributed by atoms with Crippen LogP contribution in [0.2, 0.25) is 0 Å². The number of thiophene rings is 1. The molecule has 0 bridgehead atoms. The molecule has 0 aromatic carbocycles. The molecule has 0 spiro atoms. The Kier molecular flexibility index (Phi) is 5.15. The Morgan fingerprint density at radius 2 is 2.11 bits per heavy atom. The zero-order valence-electron chi connectivity index (χ0n) is 15.1. The largest absolute Gasteiger partial charge is 0.357 e. The van der Waals surface area contributed by atoms with Gasteiger partial charge in [-0.3, -0.25) is 4.79 Å². The van der Waals surface area contributed by atoms with Crippen LogP contribution in [-0.4, -0.2) is 34.1 Å². The number of hydrogen-bond donors (Lipinski definition) is 1. The average Bonchev–Trinajstić information content (AvgIpc) is 3.38. The highest BCUT2D eigenvalue weighted by Crippen LogP contribution is 2.25. The van der Waals surface area contributed by atoms with Crippen molar-refractivity contribution in [2.75, 3.05) is 18.0 Å². The minimum Gasteiger partial charge on any atom is -0.357 e. The third-order valence-corrected chi connectivity index (χ3v) is 5.37. The topological polar surface area (TPSA) is 84.2 Å². The van der Waals surface area contributed by atoms with Crippen LogP contribution in [0.1, 0.15) is 41.3 Å². The van der Waals surface area contributed by atoms with Gasteiger partial charge in [0, 0.05) is 30.9 Å². The Morgan fingerprint density at radius 1 is 1.26 bits per heavy atom. The van der Waals surface area contributed by atoms with E-state index in [1.807, 2.05) is 30.5 Å². The molecule has 4 rings (SSSR count). The highest BCUT2D eigenvalue weighted by molar-refractivity contribution is 7.13. The van der Waals surface area contributed by atoms with Crippen molar-refractivity contribution in [1.82, 2.24) is 20.4 Å². The van der Waals surface area contributed by atoms with Crippen LogP contribution in [0.3, 0.4) is 0 Å². The summed E-state index contributed by atoms with van der Waals surface area (Å²) in [5.74, 6) is 1.83. The zero-order valence-corrected chi connectivity index (χ0v) is 16.0. The molecule has 0 aliphatic carbocycles. The maximum atomic E-state index is 12.4. The Labute approximate surface area is 161 Å². The van der Waals surface area contributed by atoms with Gasteiger partial charge < -0.3 is 14.7 Å². The molecule has 8 heteroatoms. The lowest BCUT2D eigenvalue weighted by molar-refractivity contribution is 0.0941. The number of aryl methyl sites for hydroxylation is 1. The van der Waals surface area contributed by atoms with Crippen LogP contribution in [0.4, 0.5) is 5.82 Å². The van der Waals surface area contributed by atoms with E-state index >= 15 is 0 Å². The molecular weight excluding hydrogens is 362 g/mol. The van der Waals surface area contributed by atoms with Crippen LogP contribution in [-0.2, 0) is 6.54 Å². The molecule has 140 valence electrons. The first-order chi connectivity index (χ1) is 13.2. The van der Waals surface area contributed by atoms with E-state index in [-0.39, 0.29) is 18.1 Å². The predicted octanol–water partition coefficient (Wildman–Crippen LogP) is 3.42. The molecule has 1 aliphatic heterocycles. The molecule has 3 aromatic rings. The molecule has 1 saturated heterocycles. The zero-order chi connectivity index (χ0) is 18.6. The van der Waals surface area contributed by atoms with Crippen LogP contribution in [0.25, 0.3) is 10.6 Å². The summed E-state index contributed by atoms with van der Waals surface area (Å²) in [6.45, 7) is 4.24. The minimum absolute atomic E-state index is 0.252. The van der Waals surface area contributed by atoms with Gasteiger partial charge in [-0.2, -0.15) is 0 Å². The van der Waals surface area contributed by atoms with Gasteiger partial charge in [0.25, 0.3) is 5.91 Å². The molecule has 1 N–H and O–H groups in total. The third kappa shape index (κ3) is 4.16. The van der Waals surface area contributed by atoms with Crippen molar-refractivity contribution in [3.63, 3.8) is 0 Å². The third-order valence-electron chi connectivity index (χ3n) is 4.48. The number of nitrogens with one attached hydrogen (secondary N) is 1. The summed E-state index contributed by atoms with van der Waals surface area (Å²) in [4.78, 5) is 24.7. The van der Waals surface area contributed by atoms with Gasteiger partial charge in [-0.1, -0.05) is 11.2 Å². The van der Waals surface area contributed by atoms with Crippen LogP contribution in [0.5, 0.6) is 0 Å². The molecule has 0 unspecified atom stereocenters. The van der Waals surface area contributed by atoms with E-state index in [4.69, 9.17) is 4.52 Å². The van der Waals surface area contributed by atoms with Crippen molar-refractivity contribution in [2.24, 2.45) is 0 Å². The number of piperidine rings is 1. The molecule has 1 aliphatic rings. The lowest BCUT2D eigenvalue weighted by Crippen LogP contribution is -2.31. The van der Waals surface area contributed by atoms with E-state index in [2.05, 4.69) is 25.3 Å². The van der Waals surface area contributed by atoms with Crippen molar-refractivity contribution in [2.45, 2.75) is 32.7 Å². The van der Waals surface area contributed by atoms with E-state index in [0.717, 1.165) is 29.5 Å². The number of anilines is 1. The smallest absolute Gasteiger partial charge is 0.273 e. The highest BCUT2D eigenvalue weighted by Gasteiger charge is 2.16. The van der Waals surface area contributed by atoms with E-state index in [9.17, 15) is 4.79 Å². The molecule has 3 aromatic heterocycles. The number of carbonyl (C=O) groups is 1. The molecule has 1 amide bonds. The second-order valence-corrected chi connectivity index (χ2v) is 7.52. The fourth-order valence-electron chi connectivity index (χ4n) is 3.14. The summed E-state index contributed by atoms with van der Waals surface area (Å²) >= 11 is 1.54. The first-order valence-corrected chi connectivity index (χ1v) is 9.95. The summed E-state index contributed by atoms with van der Waals surface area (Å²) in [6, 6.07) is 7.51. The molecule has 0 atom stereocenters. The molecule has 7 nitrogen and oxygen atoms in total. The normalized spacial score (nSPS) is 14.3. The first kappa shape index (κ1) is 17.7. The van der Waals surface area contributed by atoms with Gasteiger partial charge in [-0.15, -0.1) is 11.3 Å². The first-order valence-electron chi connectivity index (χ1n) is 9.07. The number of aromatic nitrogens is 3.